The Morgan fingerprint density at radius 3 is 2.42 bits per heavy atom. The molecule has 1 aliphatic carbocycles. The van der Waals surface area contributed by atoms with Gasteiger partial charge in [0.2, 0.25) is 5.91 Å². The number of aliphatic hydroxyl groups is 1. The number of nitrogens with one attached hydrogen (secondary N) is 2. The van der Waals surface area contributed by atoms with Crippen molar-refractivity contribution in [3.05, 3.63) is 91.5 Å². The van der Waals surface area contributed by atoms with Crippen LogP contribution in [0.15, 0.2) is 106 Å². The number of nitrogens with zero attached hydrogens (tertiary/aromatic N) is 3. The third kappa shape index (κ3) is 8.21. The van der Waals surface area contributed by atoms with Gasteiger partial charge in [-0.15, -0.1) is 0 Å². The van der Waals surface area contributed by atoms with Gasteiger partial charge in [0.1, 0.15) is 5.76 Å². The second kappa shape index (κ2) is 16.8. The van der Waals surface area contributed by atoms with Crippen molar-refractivity contribution in [2.75, 3.05) is 26.4 Å². The quantitative estimate of drug-likeness (QED) is 0.125. The van der Waals surface area contributed by atoms with Gasteiger partial charge in [-0.25, -0.2) is 15.0 Å². The highest BCUT2D eigenvalue weighted by molar-refractivity contribution is 6.21. The molecule has 0 aromatic carbocycles. The lowest BCUT2D eigenvalue weighted by molar-refractivity contribution is -0.138. The van der Waals surface area contributed by atoms with Gasteiger partial charge >= 0.3 is 5.97 Å². The number of ether oxygens (including phenoxy) is 2. The van der Waals surface area contributed by atoms with Crippen molar-refractivity contribution in [2.45, 2.75) is 99.5 Å². The predicted octanol–water partition coefficient (Wildman–Crippen LogP) is 6.82. The van der Waals surface area contributed by atoms with Crippen LogP contribution in [0.2, 0.25) is 0 Å². The minimum absolute atomic E-state index is 0.0546. The average Bonchev–Trinajstić information content (AvgIpc) is 3.90. The number of carbonyl (C=O) groups excluding carboxylic acids is 2. The van der Waals surface area contributed by atoms with Crippen molar-refractivity contribution in [3.8, 4) is 0 Å². The highest BCUT2D eigenvalue weighted by atomic mass is 16.5. The zero-order chi connectivity index (χ0) is 39.6. The fourth-order valence-electron chi connectivity index (χ4n) is 8.16. The summed E-state index contributed by atoms with van der Waals surface area (Å²) >= 11 is 0. The second-order valence-electron chi connectivity index (χ2n) is 14.9. The SMILES string of the molecule is CCCOCCOC(C)C1=C(C)C2=NC1=CC1=NC(=CC3=C(C)C4=C(O)CC(=C5NC(=C2)[C@@H](C)[C@@H]5CCC(=O)NCC(=O)CCC(=O)O)C4=N3)C(CC)=C1C. The molecule has 1 fully saturated rings. The first-order valence-electron chi connectivity index (χ1n) is 19.5. The van der Waals surface area contributed by atoms with Gasteiger partial charge in [0.15, 0.2) is 5.78 Å². The Kier molecular flexibility index (Phi) is 12.2. The molecule has 0 spiro atoms. The number of rotatable bonds is 16. The van der Waals surface area contributed by atoms with E-state index in [0.29, 0.717) is 32.7 Å². The fraction of sp³-hybridized carbons (Fsp3) is 0.488. The van der Waals surface area contributed by atoms with E-state index in [2.05, 4.69) is 57.4 Å². The van der Waals surface area contributed by atoms with Crippen LogP contribution in [-0.2, 0) is 23.9 Å². The summed E-state index contributed by atoms with van der Waals surface area (Å²) in [6.45, 7) is 16.0. The molecule has 55 heavy (non-hydrogen) atoms. The molecule has 292 valence electrons. The van der Waals surface area contributed by atoms with Crippen LogP contribution in [0.1, 0.15) is 93.4 Å². The van der Waals surface area contributed by atoms with E-state index in [1.165, 1.54) is 0 Å². The molecule has 0 aromatic rings. The molecule has 1 saturated heterocycles. The average molecular weight is 752 g/mol. The maximum absolute atomic E-state index is 13.0. The molecular weight excluding hydrogens is 699 g/mol. The topological polar surface area (TPSA) is 171 Å². The van der Waals surface area contributed by atoms with E-state index in [1.807, 2.05) is 19.9 Å². The summed E-state index contributed by atoms with van der Waals surface area (Å²) in [7, 11) is 0. The number of Topliss-reactive ketones (excluding diaryl/α,β-unsaturated/α-hetero) is 1. The van der Waals surface area contributed by atoms with Crippen molar-refractivity contribution in [1.29, 1.82) is 0 Å². The van der Waals surface area contributed by atoms with Crippen LogP contribution in [0.4, 0.5) is 0 Å². The standard InChI is InChI=1S/C43H53N5O7/c1-8-14-54-15-16-55-26(7)40-24(5)33-18-32-23(4)29(11-12-38(51)44-21-27(49)10-13-39(52)53)42(47-32)30-17-37(50)41-25(6)34(48-43(30)41)19-35-28(9-2)22(3)31(45-35)20-36(40)46-33/h18-20,23,26,29,47,50H,8-17,21H2,1-7H3,(H,44,51)(H,52,53)/t23-,26?,29-/m0/s1. The van der Waals surface area contributed by atoms with E-state index in [0.717, 1.165) is 97.5 Å². The van der Waals surface area contributed by atoms with Crippen LogP contribution in [0, 0.1) is 11.8 Å². The van der Waals surface area contributed by atoms with Gasteiger partial charge in [-0.3, -0.25) is 14.4 Å². The summed E-state index contributed by atoms with van der Waals surface area (Å²) in [6.07, 6.45) is 8.17. The Hall–Kier alpha value is -4.94. The number of ketones is 1. The van der Waals surface area contributed by atoms with E-state index in [9.17, 15) is 19.5 Å². The predicted molar refractivity (Wildman–Crippen MR) is 213 cm³/mol. The molecule has 4 N–H and O–H groups in total. The molecule has 0 aromatic heterocycles. The fourth-order valence-corrected chi connectivity index (χ4v) is 8.16. The van der Waals surface area contributed by atoms with Gasteiger partial charge in [-0.05, 0) is 87.5 Å². The number of carboxylic acid groups (broad SMARTS) is 1. The molecule has 1 unspecified atom stereocenters. The summed E-state index contributed by atoms with van der Waals surface area (Å²) in [4.78, 5) is 51.5. The van der Waals surface area contributed by atoms with E-state index < -0.39 is 5.97 Å². The van der Waals surface area contributed by atoms with Crippen LogP contribution in [-0.4, -0.2) is 77.5 Å². The van der Waals surface area contributed by atoms with Gasteiger partial charge in [0.05, 0.1) is 66.5 Å². The van der Waals surface area contributed by atoms with E-state index in [4.69, 9.17) is 29.6 Å². The summed E-state index contributed by atoms with van der Waals surface area (Å²) in [5, 5.41) is 26.7. The monoisotopic (exact) mass is 751 g/mol. The third-order valence-corrected chi connectivity index (χ3v) is 11.2. The number of hydrogen-bond donors (Lipinski definition) is 4. The van der Waals surface area contributed by atoms with Gasteiger partial charge in [-0.1, -0.05) is 20.8 Å². The minimum Gasteiger partial charge on any atom is -0.511 e. The molecule has 12 heteroatoms. The van der Waals surface area contributed by atoms with Gasteiger partial charge in [0.25, 0.3) is 0 Å². The number of allylic oxidation sites excluding steroid dienone is 11. The summed E-state index contributed by atoms with van der Waals surface area (Å²) in [5.74, 6) is -1.59. The molecule has 5 heterocycles. The van der Waals surface area contributed by atoms with E-state index in [1.54, 1.807) is 0 Å². The zero-order valence-electron chi connectivity index (χ0n) is 33.0. The van der Waals surface area contributed by atoms with Crippen LogP contribution >= 0.6 is 0 Å². The Morgan fingerprint density at radius 1 is 0.945 bits per heavy atom. The first-order valence-corrected chi connectivity index (χ1v) is 19.5. The van der Waals surface area contributed by atoms with E-state index in [-0.39, 0.29) is 61.2 Å². The highest BCUT2D eigenvalue weighted by Crippen LogP contribution is 2.46. The molecule has 6 aliphatic rings. The number of amides is 1. The maximum Gasteiger partial charge on any atom is 0.303 e. The molecule has 6 rings (SSSR count). The minimum atomic E-state index is -1.05. The van der Waals surface area contributed by atoms with Crippen molar-refractivity contribution in [1.82, 2.24) is 10.6 Å². The summed E-state index contributed by atoms with van der Waals surface area (Å²) < 4.78 is 12.0. The first kappa shape index (κ1) is 39.7. The Morgan fingerprint density at radius 2 is 1.69 bits per heavy atom. The zero-order valence-corrected chi connectivity index (χ0v) is 33.0. The number of aliphatic carboxylic acids is 1. The summed E-state index contributed by atoms with van der Waals surface area (Å²) in [5.41, 5.74) is 13.4. The van der Waals surface area contributed by atoms with Crippen LogP contribution in [0.5, 0.6) is 0 Å². The highest BCUT2D eigenvalue weighted by Gasteiger charge is 2.41. The molecule has 0 saturated carbocycles. The maximum atomic E-state index is 13.0. The number of carboxylic acids is 1. The van der Waals surface area contributed by atoms with Crippen LogP contribution in [0.25, 0.3) is 0 Å². The molecule has 5 aliphatic heterocycles. The Labute approximate surface area is 323 Å². The van der Waals surface area contributed by atoms with Gasteiger partial charge in [0, 0.05) is 65.8 Å². The number of carbonyl (C=O) groups is 3. The largest absolute Gasteiger partial charge is 0.511 e. The smallest absolute Gasteiger partial charge is 0.303 e. The molecule has 0 radical (unpaired) electrons. The normalized spacial score (nSPS) is 22.2. The van der Waals surface area contributed by atoms with Crippen molar-refractivity contribution in [3.63, 3.8) is 0 Å². The van der Waals surface area contributed by atoms with Gasteiger partial charge < -0.3 is 30.3 Å². The molecule has 1 amide bonds. The second-order valence-corrected chi connectivity index (χ2v) is 14.9. The van der Waals surface area contributed by atoms with Crippen molar-refractivity contribution >= 4 is 34.8 Å². The summed E-state index contributed by atoms with van der Waals surface area (Å²) in [6, 6.07) is 0. The number of aliphatic hydroxyl groups excluding tert-OH is 1. The lowest BCUT2D eigenvalue weighted by atomic mass is 9.86. The molecule has 12 nitrogen and oxygen atoms in total. The number of hydrogen-bond acceptors (Lipinski definition) is 10. The van der Waals surface area contributed by atoms with Gasteiger partial charge in [-0.2, -0.15) is 0 Å². The van der Waals surface area contributed by atoms with Crippen molar-refractivity contribution < 1.29 is 34.1 Å². The lowest BCUT2D eigenvalue weighted by Crippen LogP contribution is -2.30. The van der Waals surface area contributed by atoms with Crippen molar-refractivity contribution in [2.24, 2.45) is 26.8 Å². The Balaban J connectivity index is 1.40. The molecule has 3 atom stereocenters. The third-order valence-electron chi connectivity index (χ3n) is 11.2. The van der Waals surface area contributed by atoms with Crippen LogP contribution < -0.4 is 10.6 Å². The molecule has 8 bridgehead atoms. The van der Waals surface area contributed by atoms with E-state index >= 15 is 0 Å². The lowest BCUT2D eigenvalue weighted by Gasteiger charge is -2.18. The first-order chi connectivity index (χ1) is 26.3. The number of fused-ring (bicyclic) bond motifs is 5. The van der Waals surface area contributed by atoms with Crippen LogP contribution in [0.3, 0.4) is 0 Å². The molecular formula is C43H53N5O7. The number of aliphatic imine (C=N–C) groups is 3. The Bertz CT molecular complexity index is 2050.